The summed E-state index contributed by atoms with van der Waals surface area (Å²) in [5.74, 6) is 1.22. The average Bonchev–Trinajstić information content (AvgIpc) is 2.66. The van der Waals surface area contributed by atoms with Crippen LogP contribution in [0.15, 0.2) is 11.7 Å². The third-order valence-electron chi connectivity index (χ3n) is 2.85. The van der Waals surface area contributed by atoms with Gasteiger partial charge in [-0.1, -0.05) is 11.3 Å². The lowest BCUT2D eigenvalue weighted by Gasteiger charge is -2.01. The molecule has 0 atom stereocenters. The van der Waals surface area contributed by atoms with Crippen LogP contribution in [-0.2, 0) is 13.0 Å². The van der Waals surface area contributed by atoms with Crippen molar-refractivity contribution in [1.82, 2.24) is 9.97 Å². The number of aliphatic hydroxyl groups is 1. The van der Waals surface area contributed by atoms with Gasteiger partial charge < -0.3 is 34.8 Å². The highest BCUT2D eigenvalue weighted by Gasteiger charge is 2.16. The van der Waals surface area contributed by atoms with Gasteiger partial charge in [-0.15, -0.1) is 0 Å². The normalized spacial score (nSPS) is 10.3. The van der Waals surface area contributed by atoms with E-state index in [1.807, 2.05) is 19.4 Å². The summed E-state index contributed by atoms with van der Waals surface area (Å²) in [6.07, 6.45) is 2.47. The molecule has 19 heavy (non-hydrogen) atoms. The first-order valence-electron chi connectivity index (χ1n) is 5.77. The topological polar surface area (TPSA) is 75.9 Å². The van der Waals surface area contributed by atoms with Gasteiger partial charge in [-0.25, -0.2) is 9.97 Å². The van der Waals surface area contributed by atoms with Crippen LogP contribution in [0, 0.1) is 13.8 Å². The van der Waals surface area contributed by atoms with Crippen LogP contribution in [0.3, 0.4) is 0 Å². The van der Waals surface area contributed by atoms with Gasteiger partial charge in [0.15, 0.2) is 12.2 Å². The number of halogens is 1. The van der Waals surface area contributed by atoms with Crippen LogP contribution in [-0.4, -0.2) is 21.7 Å². The van der Waals surface area contributed by atoms with E-state index in [-0.39, 0.29) is 30.6 Å². The van der Waals surface area contributed by atoms with Gasteiger partial charge in [0, 0.05) is 26.1 Å². The molecule has 7 heteroatoms. The van der Waals surface area contributed by atoms with Gasteiger partial charge >= 0.3 is 0 Å². The van der Waals surface area contributed by atoms with Crippen molar-refractivity contribution in [2.45, 2.75) is 26.8 Å². The third kappa shape index (κ3) is 3.83. The first-order chi connectivity index (χ1) is 8.61. The van der Waals surface area contributed by atoms with Crippen molar-refractivity contribution in [2.75, 3.05) is 12.3 Å². The second-order valence-electron chi connectivity index (χ2n) is 4.16. The molecule has 0 bridgehead atoms. The molecule has 0 aliphatic carbocycles. The van der Waals surface area contributed by atoms with Crippen molar-refractivity contribution in [2.24, 2.45) is 0 Å². The first-order valence-corrected chi connectivity index (χ1v) is 6.65. The lowest BCUT2D eigenvalue weighted by atomic mass is 10.2. The Bertz CT molecular complexity index is 559. The molecule has 0 aliphatic heterocycles. The van der Waals surface area contributed by atoms with Gasteiger partial charge in [0.25, 0.3) is 0 Å². The molecule has 2 rings (SSSR count). The summed E-state index contributed by atoms with van der Waals surface area (Å²) in [4.78, 5) is 9.53. The summed E-state index contributed by atoms with van der Waals surface area (Å²) in [5.41, 5.74) is 10.0. The molecule has 0 fully saturated rings. The lowest BCUT2D eigenvalue weighted by Crippen LogP contribution is -3.00. The maximum atomic E-state index is 8.98. The second-order valence-corrected chi connectivity index (χ2v) is 5.10. The minimum Gasteiger partial charge on any atom is -1.00 e. The van der Waals surface area contributed by atoms with Crippen LogP contribution in [0.5, 0.6) is 0 Å². The van der Waals surface area contributed by atoms with E-state index >= 15 is 0 Å². The van der Waals surface area contributed by atoms with E-state index in [9.17, 15) is 0 Å². The SMILES string of the molecule is Cc1ncc(C[n+]2csc(CCO)c2C)c(N)n1.[I-]. The fraction of sp³-hybridized carbons (Fsp3) is 0.417. The van der Waals surface area contributed by atoms with Crippen LogP contribution >= 0.6 is 11.3 Å². The molecule has 0 aliphatic rings. The summed E-state index contributed by atoms with van der Waals surface area (Å²) in [5, 5.41) is 8.98. The van der Waals surface area contributed by atoms with E-state index < -0.39 is 0 Å². The average molecular weight is 392 g/mol. The zero-order chi connectivity index (χ0) is 13.1. The second kappa shape index (κ2) is 7.11. The number of thiazole rings is 1. The number of hydrogen-bond acceptors (Lipinski definition) is 5. The van der Waals surface area contributed by atoms with E-state index in [2.05, 4.69) is 14.5 Å². The van der Waals surface area contributed by atoms with Crippen molar-refractivity contribution in [3.05, 3.63) is 33.7 Å². The Kier molecular flexibility index (Phi) is 6.08. The Morgan fingerprint density at radius 2 is 2.16 bits per heavy atom. The standard InChI is InChI=1S/C12H17N4OS.HI/c1-8-11(3-4-17)18-7-16(8)6-10-5-14-9(2)15-12(10)13;/h5,7,17H,3-4,6H2,1-2H3,(H2,13,14,15);1H/q+1;/p-1. The predicted octanol–water partition coefficient (Wildman–Crippen LogP) is -2.39. The molecule has 0 unspecified atom stereocenters. The highest BCUT2D eigenvalue weighted by atomic mass is 127. The Morgan fingerprint density at radius 3 is 2.79 bits per heavy atom. The third-order valence-corrected chi connectivity index (χ3v) is 4.00. The number of aryl methyl sites for hydroxylation is 1. The summed E-state index contributed by atoms with van der Waals surface area (Å²) in [6, 6.07) is 0. The minimum atomic E-state index is 0. The van der Waals surface area contributed by atoms with Gasteiger partial charge in [0.2, 0.25) is 5.51 Å². The van der Waals surface area contributed by atoms with Crippen molar-refractivity contribution in [3.63, 3.8) is 0 Å². The maximum absolute atomic E-state index is 8.98. The van der Waals surface area contributed by atoms with Crippen LogP contribution in [0.4, 0.5) is 5.82 Å². The van der Waals surface area contributed by atoms with Crippen LogP contribution < -0.4 is 34.3 Å². The van der Waals surface area contributed by atoms with E-state index in [1.54, 1.807) is 17.5 Å². The minimum absolute atomic E-state index is 0. The molecule has 5 nitrogen and oxygen atoms in total. The molecule has 0 aromatic carbocycles. The predicted molar refractivity (Wildman–Crippen MR) is 70.3 cm³/mol. The molecule has 0 amide bonds. The monoisotopic (exact) mass is 392 g/mol. The van der Waals surface area contributed by atoms with E-state index in [1.165, 1.54) is 4.88 Å². The van der Waals surface area contributed by atoms with Crippen LogP contribution in [0.25, 0.3) is 0 Å². The fourth-order valence-corrected chi connectivity index (χ4v) is 2.75. The fourth-order valence-electron chi connectivity index (χ4n) is 1.77. The molecule has 0 spiro atoms. The van der Waals surface area contributed by atoms with Crippen LogP contribution in [0.1, 0.15) is 22.0 Å². The Morgan fingerprint density at radius 1 is 1.42 bits per heavy atom. The molecular weight excluding hydrogens is 375 g/mol. The number of hydrogen-bond donors (Lipinski definition) is 2. The zero-order valence-electron chi connectivity index (χ0n) is 10.9. The highest BCUT2D eigenvalue weighted by Crippen LogP contribution is 2.13. The van der Waals surface area contributed by atoms with Gasteiger partial charge in [0.05, 0.1) is 10.4 Å². The number of nitrogens with two attached hydrogens (primary N) is 1. The Hall–Kier alpha value is -0.800. The molecular formula is C12H17IN4OS. The molecule has 104 valence electrons. The van der Waals surface area contributed by atoms with Gasteiger partial charge in [-0.05, 0) is 6.92 Å². The molecule has 0 saturated heterocycles. The summed E-state index contributed by atoms with van der Waals surface area (Å²) >= 11 is 1.65. The van der Waals surface area contributed by atoms with Crippen molar-refractivity contribution in [1.29, 1.82) is 0 Å². The summed E-state index contributed by atoms with van der Waals surface area (Å²) < 4.78 is 2.11. The highest BCUT2D eigenvalue weighted by molar-refractivity contribution is 7.09. The molecule has 3 N–H and O–H groups in total. The van der Waals surface area contributed by atoms with Gasteiger partial charge in [-0.3, -0.25) is 0 Å². The number of nitrogens with zero attached hydrogens (tertiary/aromatic N) is 3. The molecule has 2 heterocycles. The number of aliphatic hydroxyl groups excluding tert-OH is 1. The number of aromatic nitrogens is 3. The zero-order valence-corrected chi connectivity index (χ0v) is 13.9. The smallest absolute Gasteiger partial charge is 0.225 e. The number of rotatable bonds is 4. The van der Waals surface area contributed by atoms with E-state index in [0.717, 1.165) is 11.3 Å². The largest absolute Gasteiger partial charge is 1.00 e. The first kappa shape index (κ1) is 16.3. The molecule has 0 saturated carbocycles. The quantitative estimate of drug-likeness (QED) is 0.450. The Balaban J connectivity index is 0.00000180. The molecule has 2 aromatic rings. The summed E-state index contributed by atoms with van der Waals surface area (Å²) in [7, 11) is 0. The lowest BCUT2D eigenvalue weighted by molar-refractivity contribution is -0.689. The Labute approximate surface area is 133 Å². The van der Waals surface area contributed by atoms with Crippen molar-refractivity contribution in [3.8, 4) is 0 Å². The maximum Gasteiger partial charge on any atom is 0.225 e. The van der Waals surface area contributed by atoms with E-state index in [4.69, 9.17) is 10.8 Å². The van der Waals surface area contributed by atoms with E-state index in [0.29, 0.717) is 24.6 Å². The summed E-state index contributed by atoms with van der Waals surface area (Å²) in [6.45, 7) is 4.71. The van der Waals surface area contributed by atoms with Crippen LogP contribution in [0.2, 0.25) is 0 Å². The van der Waals surface area contributed by atoms with Gasteiger partial charge in [0.1, 0.15) is 11.6 Å². The number of nitrogen functional groups attached to an aromatic ring is 1. The number of anilines is 1. The van der Waals surface area contributed by atoms with Gasteiger partial charge in [-0.2, -0.15) is 4.57 Å². The van der Waals surface area contributed by atoms with Crippen molar-refractivity contribution >= 4 is 17.2 Å². The molecule has 2 aromatic heterocycles. The van der Waals surface area contributed by atoms with Crippen molar-refractivity contribution < 1.29 is 33.7 Å². The molecule has 0 radical (unpaired) electrons.